The van der Waals surface area contributed by atoms with E-state index in [9.17, 15) is 0 Å². The molecule has 0 bridgehead atoms. The lowest BCUT2D eigenvalue weighted by molar-refractivity contribution is -0.256. The van der Waals surface area contributed by atoms with Crippen LogP contribution in [0.15, 0.2) is 60.2 Å². The van der Waals surface area contributed by atoms with Gasteiger partial charge in [0.25, 0.3) is 0 Å². The van der Waals surface area contributed by atoms with Gasteiger partial charge in [-0.05, 0) is 67.2 Å². The smallest absolute Gasteiger partial charge is 0.192 e. The maximum atomic E-state index is 7.35. The van der Waals surface area contributed by atoms with Crippen LogP contribution in [0, 0.1) is 29.6 Å². The van der Waals surface area contributed by atoms with Gasteiger partial charge in [-0.25, -0.2) is 0 Å². The molecule has 0 aliphatic carbocycles. The molecule has 52 heavy (non-hydrogen) atoms. The number of hydrogen-bond donors (Lipinski definition) is 0. The SMILES string of the molecule is COCO[C@H]([C@@H](C)/C=C(/C)C[C@H](C)[C@@H](O[Si](C)(C)C(C)(C)C)[C@H](C)[C@H]1O[C@@H](c2ccc(OC)cc2)OC[C@@H]1C)[C@@H](C)COCc1ccc(OC)cc1. The molecule has 0 spiro atoms. The van der Waals surface area contributed by atoms with Gasteiger partial charge in [-0.15, -0.1) is 0 Å². The lowest BCUT2D eigenvalue weighted by atomic mass is 9.81. The summed E-state index contributed by atoms with van der Waals surface area (Å²) in [6, 6.07) is 16.0. The molecule has 0 aromatic heterocycles. The number of rotatable bonds is 20. The lowest BCUT2D eigenvalue weighted by Crippen LogP contribution is -2.51. The molecule has 1 saturated heterocycles. The molecule has 2 aromatic carbocycles. The van der Waals surface area contributed by atoms with E-state index in [0.29, 0.717) is 19.8 Å². The Morgan fingerprint density at radius 3 is 2.04 bits per heavy atom. The number of hydrogen-bond acceptors (Lipinski definition) is 8. The zero-order valence-electron chi connectivity index (χ0n) is 34.7. The number of benzene rings is 2. The summed E-state index contributed by atoms with van der Waals surface area (Å²) in [7, 11) is 2.91. The van der Waals surface area contributed by atoms with E-state index in [1.165, 1.54) is 5.57 Å². The van der Waals surface area contributed by atoms with Crippen molar-refractivity contribution in [1.29, 1.82) is 0 Å². The van der Waals surface area contributed by atoms with Gasteiger partial charge in [-0.2, -0.15) is 0 Å². The van der Waals surface area contributed by atoms with Gasteiger partial charge in [0, 0.05) is 36.3 Å². The van der Waals surface area contributed by atoms with Crippen molar-refractivity contribution >= 4 is 8.32 Å². The molecule has 294 valence electrons. The first-order chi connectivity index (χ1) is 24.5. The van der Waals surface area contributed by atoms with Crippen molar-refractivity contribution < 1.29 is 37.6 Å². The molecule has 3 rings (SSSR count). The Kier molecular flexibility index (Phi) is 17.4. The van der Waals surface area contributed by atoms with Gasteiger partial charge in [0.05, 0.1) is 52.4 Å². The monoisotopic (exact) mass is 742 g/mol. The normalized spacial score (nSPS) is 22.3. The summed E-state index contributed by atoms with van der Waals surface area (Å²) in [4.78, 5) is 0. The molecule has 9 atom stereocenters. The molecule has 1 aliphatic heterocycles. The average molecular weight is 743 g/mol. The second kappa shape index (κ2) is 20.4. The first kappa shape index (κ1) is 44.2. The van der Waals surface area contributed by atoms with Crippen LogP contribution in [0.25, 0.3) is 0 Å². The van der Waals surface area contributed by atoms with Crippen molar-refractivity contribution in [2.45, 2.75) is 118 Å². The third-order valence-electron chi connectivity index (χ3n) is 11.0. The quantitative estimate of drug-likeness (QED) is 0.0754. The summed E-state index contributed by atoms with van der Waals surface area (Å²) in [6.07, 6.45) is 2.78. The summed E-state index contributed by atoms with van der Waals surface area (Å²) in [6.45, 7) is 27.2. The molecule has 9 heteroatoms. The second-order valence-electron chi connectivity index (χ2n) is 16.7. The summed E-state index contributed by atoms with van der Waals surface area (Å²) in [5.41, 5.74) is 3.43. The molecule has 0 radical (unpaired) electrons. The lowest BCUT2D eigenvalue weighted by Gasteiger charge is -2.47. The maximum Gasteiger partial charge on any atom is 0.192 e. The predicted molar refractivity (Wildman–Crippen MR) is 212 cm³/mol. The van der Waals surface area contributed by atoms with Gasteiger partial charge in [0.1, 0.15) is 18.3 Å². The molecule has 2 aromatic rings. The van der Waals surface area contributed by atoms with Crippen molar-refractivity contribution in [3.8, 4) is 11.5 Å². The molecule has 0 amide bonds. The van der Waals surface area contributed by atoms with E-state index >= 15 is 0 Å². The number of methoxy groups -OCH3 is 3. The van der Waals surface area contributed by atoms with Crippen LogP contribution < -0.4 is 9.47 Å². The maximum absolute atomic E-state index is 7.35. The van der Waals surface area contributed by atoms with Crippen LogP contribution in [0.3, 0.4) is 0 Å². The highest BCUT2D eigenvalue weighted by molar-refractivity contribution is 6.74. The Hall–Kier alpha value is -2.24. The fraction of sp³-hybridized carbons (Fsp3) is 0.674. The first-order valence-electron chi connectivity index (χ1n) is 19.1. The number of ether oxygens (including phenoxy) is 7. The number of allylic oxidation sites excluding steroid dienone is 1. The molecule has 0 N–H and O–H groups in total. The van der Waals surface area contributed by atoms with Crippen molar-refractivity contribution in [3.05, 3.63) is 71.3 Å². The van der Waals surface area contributed by atoms with Crippen molar-refractivity contribution in [1.82, 2.24) is 0 Å². The Morgan fingerprint density at radius 2 is 1.48 bits per heavy atom. The van der Waals surface area contributed by atoms with Crippen LogP contribution in [0.2, 0.25) is 18.1 Å². The zero-order valence-corrected chi connectivity index (χ0v) is 35.7. The van der Waals surface area contributed by atoms with Crippen molar-refractivity contribution in [2.75, 3.05) is 41.3 Å². The molecule has 1 heterocycles. The van der Waals surface area contributed by atoms with Gasteiger partial charge in [-0.3, -0.25) is 0 Å². The van der Waals surface area contributed by atoms with Crippen LogP contribution in [0.5, 0.6) is 11.5 Å². The van der Waals surface area contributed by atoms with Gasteiger partial charge < -0.3 is 37.6 Å². The van der Waals surface area contributed by atoms with Crippen LogP contribution in [0.4, 0.5) is 0 Å². The molecule has 1 aliphatic rings. The predicted octanol–water partition coefficient (Wildman–Crippen LogP) is 10.2. The van der Waals surface area contributed by atoms with E-state index in [2.05, 4.69) is 81.5 Å². The Morgan fingerprint density at radius 1 is 0.885 bits per heavy atom. The standard InChI is InChI=1S/C43H70O8Si/c1-29(23-30(2)39(49-28-44-10)32(4)25-47-27-35-15-19-37(45-11)20-16-35)24-31(3)41(51-52(13,14)43(7,8)9)34(6)40-33(5)26-48-42(50-40)36-17-21-38(46-12)22-18-36/h15-23,30-34,39-42H,24-28H2,1-14H3/b29-23-/t30-,31-,32-,33-,34+,39+,40-,41+,42-/m0/s1. The summed E-state index contributed by atoms with van der Waals surface area (Å²) < 4.78 is 48.8. The van der Waals surface area contributed by atoms with Gasteiger partial charge in [0.15, 0.2) is 14.6 Å². The van der Waals surface area contributed by atoms with E-state index in [0.717, 1.165) is 29.0 Å². The largest absolute Gasteiger partial charge is 0.497 e. The van der Waals surface area contributed by atoms with Gasteiger partial charge >= 0.3 is 0 Å². The van der Waals surface area contributed by atoms with E-state index in [1.54, 1.807) is 21.3 Å². The van der Waals surface area contributed by atoms with Crippen LogP contribution in [0.1, 0.15) is 86.2 Å². The van der Waals surface area contributed by atoms with Crippen LogP contribution in [-0.4, -0.2) is 68.0 Å². The average Bonchev–Trinajstić information content (AvgIpc) is 3.10. The first-order valence-corrected chi connectivity index (χ1v) is 22.0. The third kappa shape index (κ3) is 12.7. The van der Waals surface area contributed by atoms with Crippen molar-refractivity contribution in [2.24, 2.45) is 29.6 Å². The molecule has 0 saturated carbocycles. The van der Waals surface area contributed by atoms with Gasteiger partial charge in [-0.1, -0.05) is 91.3 Å². The molecule has 1 fully saturated rings. The summed E-state index contributed by atoms with van der Waals surface area (Å²) in [5.74, 6) is 2.60. The minimum Gasteiger partial charge on any atom is -0.497 e. The van der Waals surface area contributed by atoms with Gasteiger partial charge in [0.2, 0.25) is 0 Å². The zero-order chi connectivity index (χ0) is 38.6. The second-order valence-corrected chi connectivity index (χ2v) is 21.4. The summed E-state index contributed by atoms with van der Waals surface area (Å²) >= 11 is 0. The van der Waals surface area contributed by atoms with Crippen molar-refractivity contribution in [3.63, 3.8) is 0 Å². The summed E-state index contributed by atoms with van der Waals surface area (Å²) in [5, 5.41) is 0.0787. The highest BCUT2D eigenvalue weighted by atomic mass is 28.4. The van der Waals surface area contributed by atoms with E-state index in [4.69, 9.17) is 37.6 Å². The van der Waals surface area contributed by atoms with E-state index in [-0.39, 0.29) is 59.7 Å². The Bertz CT molecular complexity index is 1340. The minimum atomic E-state index is -2.12. The molecule has 0 unspecified atom stereocenters. The molecule has 8 nitrogen and oxygen atoms in total. The van der Waals surface area contributed by atoms with E-state index in [1.807, 2.05) is 48.5 Å². The molecular formula is C43H70O8Si. The van der Waals surface area contributed by atoms with E-state index < -0.39 is 14.6 Å². The van der Waals surface area contributed by atoms with Crippen LogP contribution >= 0.6 is 0 Å². The topological polar surface area (TPSA) is 73.8 Å². The third-order valence-corrected chi connectivity index (χ3v) is 15.5. The Labute approximate surface area is 317 Å². The highest BCUT2D eigenvalue weighted by Crippen LogP contribution is 2.43. The highest BCUT2D eigenvalue weighted by Gasteiger charge is 2.45. The fourth-order valence-corrected chi connectivity index (χ4v) is 8.55. The minimum absolute atomic E-state index is 0.00688. The Balaban J connectivity index is 1.77. The van der Waals surface area contributed by atoms with Crippen LogP contribution in [-0.2, 0) is 34.7 Å². The molecular weight excluding hydrogens is 673 g/mol. The fourth-order valence-electron chi connectivity index (χ4n) is 7.07.